The zero-order valence-corrected chi connectivity index (χ0v) is 16.1. The average Bonchev–Trinajstić information content (AvgIpc) is 3.13. The smallest absolute Gasteiger partial charge is 0.368 e. The van der Waals surface area contributed by atoms with E-state index in [1.165, 1.54) is 12.1 Å². The number of rotatable bonds is 4. The fraction of sp³-hybridized carbons (Fsp3) is 0.190. The Labute approximate surface area is 175 Å². The first kappa shape index (κ1) is 20.5. The Hall–Kier alpha value is -3.82. The van der Waals surface area contributed by atoms with Crippen molar-refractivity contribution in [3.05, 3.63) is 77.0 Å². The third kappa shape index (κ3) is 4.09. The molecule has 0 aliphatic carbocycles. The summed E-state index contributed by atoms with van der Waals surface area (Å²) in [5.74, 6) is -0.764. The molecule has 31 heavy (non-hydrogen) atoms. The van der Waals surface area contributed by atoms with Crippen LogP contribution in [0.5, 0.6) is 0 Å². The number of halogens is 3. The average molecular weight is 429 g/mol. The van der Waals surface area contributed by atoms with Crippen LogP contribution in [0, 0.1) is 0 Å². The monoisotopic (exact) mass is 429 g/mol. The van der Waals surface area contributed by atoms with E-state index in [-0.39, 0.29) is 17.7 Å². The molecule has 0 saturated carbocycles. The quantitative estimate of drug-likeness (QED) is 0.594. The number of nitrogens with two attached hydrogens (primary N) is 1. The maximum atomic E-state index is 12.9. The minimum atomic E-state index is -4.54. The summed E-state index contributed by atoms with van der Waals surface area (Å²) in [6, 6.07) is 12.9. The molecule has 0 bridgehead atoms. The lowest BCUT2D eigenvalue weighted by Gasteiger charge is -2.26. The van der Waals surface area contributed by atoms with Crippen molar-refractivity contribution in [1.82, 2.24) is 15.1 Å². The van der Waals surface area contributed by atoms with Gasteiger partial charge in [0.2, 0.25) is 0 Å². The molecule has 10 heteroatoms. The number of amides is 2. The van der Waals surface area contributed by atoms with Gasteiger partial charge in [0.25, 0.3) is 11.8 Å². The molecule has 7 nitrogen and oxygen atoms in total. The third-order valence-corrected chi connectivity index (χ3v) is 4.97. The van der Waals surface area contributed by atoms with Crippen LogP contribution < -0.4 is 16.4 Å². The standard InChI is InChI=1S/C21H18F3N5O2/c22-21(23,24)13-6-4-5-12(9-13)20(31)27-14-10-16-17(18(25)30)28-29(19(16)26-11-14)15-7-2-1-3-8-15/h1-9,14,26H,10-11H2,(H2,25,30)(H,27,31). The number of fused-ring (bicyclic) bond motifs is 1. The highest BCUT2D eigenvalue weighted by Gasteiger charge is 2.32. The van der Waals surface area contributed by atoms with Crippen molar-refractivity contribution in [3.8, 4) is 5.69 Å². The van der Waals surface area contributed by atoms with Crippen molar-refractivity contribution in [3.63, 3.8) is 0 Å². The summed E-state index contributed by atoms with van der Waals surface area (Å²) in [6.45, 7) is 0.300. The number of hydrogen-bond donors (Lipinski definition) is 3. The number of carbonyl (C=O) groups excluding carboxylic acids is 2. The molecule has 1 unspecified atom stereocenters. The van der Waals surface area contributed by atoms with Gasteiger partial charge in [0, 0.05) is 24.1 Å². The fourth-order valence-corrected chi connectivity index (χ4v) is 3.53. The number of nitrogens with zero attached hydrogens (tertiary/aromatic N) is 2. The molecule has 4 N–H and O–H groups in total. The van der Waals surface area contributed by atoms with Crippen LogP contribution in [0.15, 0.2) is 54.6 Å². The topological polar surface area (TPSA) is 102 Å². The number of nitrogens with one attached hydrogen (secondary N) is 2. The lowest BCUT2D eigenvalue weighted by molar-refractivity contribution is -0.137. The fourth-order valence-electron chi connectivity index (χ4n) is 3.53. The van der Waals surface area contributed by atoms with Gasteiger partial charge in [-0.2, -0.15) is 18.3 Å². The van der Waals surface area contributed by atoms with Crippen LogP contribution in [0.25, 0.3) is 5.69 Å². The van der Waals surface area contributed by atoms with Gasteiger partial charge in [-0.3, -0.25) is 9.59 Å². The molecule has 4 rings (SSSR count). The van der Waals surface area contributed by atoms with Crippen molar-refractivity contribution in [1.29, 1.82) is 0 Å². The van der Waals surface area contributed by atoms with Crippen LogP contribution in [0.4, 0.5) is 19.0 Å². The van der Waals surface area contributed by atoms with E-state index in [9.17, 15) is 22.8 Å². The predicted molar refractivity (Wildman–Crippen MR) is 107 cm³/mol. The van der Waals surface area contributed by atoms with E-state index in [1.54, 1.807) is 4.68 Å². The van der Waals surface area contributed by atoms with Crippen LogP contribution in [0.3, 0.4) is 0 Å². The second-order valence-corrected chi connectivity index (χ2v) is 7.12. The van der Waals surface area contributed by atoms with Gasteiger partial charge in [0.1, 0.15) is 5.82 Å². The van der Waals surface area contributed by atoms with Gasteiger partial charge >= 0.3 is 6.18 Å². The van der Waals surface area contributed by atoms with Crippen molar-refractivity contribution in [2.45, 2.75) is 18.6 Å². The molecule has 0 spiro atoms. The van der Waals surface area contributed by atoms with Crippen molar-refractivity contribution < 1.29 is 22.8 Å². The van der Waals surface area contributed by atoms with Gasteiger partial charge in [0.15, 0.2) is 5.69 Å². The summed E-state index contributed by atoms with van der Waals surface area (Å²) >= 11 is 0. The predicted octanol–water partition coefficient (Wildman–Crippen LogP) is 2.76. The zero-order chi connectivity index (χ0) is 22.2. The van der Waals surface area contributed by atoms with Crippen molar-refractivity contribution in [2.75, 3.05) is 11.9 Å². The first-order valence-electron chi connectivity index (χ1n) is 9.43. The Morgan fingerprint density at radius 2 is 1.87 bits per heavy atom. The molecule has 1 aromatic heterocycles. The van der Waals surface area contributed by atoms with Crippen molar-refractivity contribution in [2.24, 2.45) is 5.73 Å². The number of carbonyl (C=O) groups is 2. The molecule has 1 atom stereocenters. The maximum Gasteiger partial charge on any atom is 0.416 e. The second kappa shape index (κ2) is 7.78. The largest absolute Gasteiger partial charge is 0.416 e. The molecule has 3 aromatic rings. The van der Waals surface area contributed by atoms with Gasteiger partial charge in [-0.05, 0) is 30.3 Å². The van der Waals surface area contributed by atoms with E-state index in [0.717, 1.165) is 17.8 Å². The van der Waals surface area contributed by atoms with E-state index in [1.807, 2.05) is 30.3 Å². The van der Waals surface area contributed by atoms with Crippen LogP contribution >= 0.6 is 0 Å². The molecule has 2 amide bonds. The van der Waals surface area contributed by atoms with Crippen LogP contribution in [0.1, 0.15) is 32.0 Å². The van der Waals surface area contributed by atoms with Gasteiger partial charge < -0.3 is 16.4 Å². The first-order chi connectivity index (χ1) is 14.7. The summed E-state index contributed by atoms with van der Waals surface area (Å²) in [6.07, 6.45) is -4.29. The van der Waals surface area contributed by atoms with Gasteiger partial charge in [-0.1, -0.05) is 24.3 Å². The molecule has 0 radical (unpaired) electrons. The SMILES string of the molecule is NC(=O)c1nn(-c2ccccc2)c2c1CC(NC(=O)c1cccc(C(F)(F)F)c1)CN2. The summed E-state index contributed by atoms with van der Waals surface area (Å²) in [5, 5.41) is 10.2. The molecular formula is C21H18F3N5O2. The molecule has 160 valence electrons. The summed E-state index contributed by atoms with van der Waals surface area (Å²) < 4.78 is 40.3. The van der Waals surface area contributed by atoms with Gasteiger partial charge in [-0.25, -0.2) is 4.68 Å². The Kier molecular flexibility index (Phi) is 5.14. The molecule has 0 fully saturated rings. The summed E-state index contributed by atoms with van der Waals surface area (Å²) in [7, 11) is 0. The van der Waals surface area contributed by atoms with E-state index in [0.29, 0.717) is 17.9 Å². The summed E-state index contributed by atoms with van der Waals surface area (Å²) in [5.41, 5.74) is 5.83. The zero-order valence-electron chi connectivity index (χ0n) is 16.1. The summed E-state index contributed by atoms with van der Waals surface area (Å²) in [4.78, 5) is 24.5. The Bertz CT molecular complexity index is 1140. The molecule has 2 aromatic carbocycles. The molecular weight excluding hydrogens is 411 g/mol. The van der Waals surface area contributed by atoms with Crippen molar-refractivity contribution >= 4 is 17.6 Å². The highest BCUT2D eigenvalue weighted by Crippen LogP contribution is 2.30. The number of primary amides is 1. The lowest BCUT2D eigenvalue weighted by Crippen LogP contribution is -2.44. The van der Waals surface area contributed by atoms with Crippen LogP contribution in [-0.4, -0.2) is 34.2 Å². The minimum Gasteiger partial charge on any atom is -0.368 e. The molecule has 1 aliphatic heterocycles. The minimum absolute atomic E-state index is 0.0735. The first-order valence-corrected chi connectivity index (χ1v) is 9.43. The Morgan fingerprint density at radius 1 is 1.13 bits per heavy atom. The van der Waals surface area contributed by atoms with E-state index < -0.39 is 29.6 Å². The molecule has 0 saturated heterocycles. The van der Waals surface area contributed by atoms with Crippen LogP contribution in [0.2, 0.25) is 0 Å². The Balaban J connectivity index is 1.57. The number of anilines is 1. The second-order valence-electron chi connectivity index (χ2n) is 7.12. The molecule has 2 heterocycles. The number of para-hydroxylation sites is 1. The number of benzene rings is 2. The maximum absolute atomic E-state index is 12.9. The van der Waals surface area contributed by atoms with E-state index in [2.05, 4.69) is 15.7 Å². The van der Waals surface area contributed by atoms with Crippen LogP contribution in [-0.2, 0) is 12.6 Å². The highest BCUT2D eigenvalue weighted by atomic mass is 19.4. The third-order valence-electron chi connectivity index (χ3n) is 4.97. The highest BCUT2D eigenvalue weighted by molar-refractivity contribution is 5.95. The van der Waals surface area contributed by atoms with Gasteiger partial charge in [-0.15, -0.1) is 0 Å². The van der Waals surface area contributed by atoms with E-state index >= 15 is 0 Å². The van der Waals surface area contributed by atoms with E-state index in [4.69, 9.17) is 5.73 Å². The number of hydrogen-bond acceptors (Lipinski definition) is 4. The molecule has 1 aliphatic rings. The van der Waals surface area contributed by atoms with Gasteiger partial charge in [0.05, 0.1) is 17.3 Å². The number of alkyl halides is 3. The lowest BCUT2D eigenvalue weighted by atomic mass is 10.0. The normalized spacial score (nSPS) is 15.6. The Morgan fingerprint density at radius 3 is 2.55 bits per heavy atom. The number of aromatic nitrogens is 2.